The number of hydrogen-bond acceptors (Lipinski definition) is 5. The van der Waals surface area contributed by atoms with Gasteiger partial charge in [-0.3, -0.25) is 9.73 Å². The summed E-state index contributed by atoms with van der Waals surface area (Å²) in [6.07, 6.45) is 0.255. The Balaban J connectivity index is 2.58. The number of rotatable bonds is 2. The molecule has 0 aliphatic carbocycles. The molecule has 0 saturated carbocycles. The van der Waals surface area contributed by atoms with Gasteiger partial charge in [-0.05, 0) is 5.16 Å². The van der Waals surface area contributed by atoms with Crippen molar-refractivity contribution >= 4 is 17.7 Å². The lowest BCUT2D eigenvalue weighted by molar-refractivity contribution is -0.139. The molecule has 0 fully saturated rings. The number of nitrogens with zero attached hydrogens (tertiary/aromatic N) is 1. The summed E-state index contributed by atoms with van der Waals surface area (Å²) in [6, 6.07) is -1.10. The molecule has 3 N–H and O–H groups in total. The Morgan fingerprint density at radius 3 is 3.00 bits per heavy atom. The maximum Gasteiger partial charge on any atom is 0.332 e. The summed E-state index contributed by atoms with van der Waals surface area (Å²) in [7, 11) is 0. The quantitative estimate of drug-likeness (QED) is 0.505. The SMILES string of the molecule is CCC(=O)NC1=NONC1C(=O)O. The fraction of sp³-hybridized carbons (Fsp3) is 0.500. The first-order chi connectivity index (χ1) is 6.15. The number of carbonyl (C=O) groups excluding carboxylic acids is 1. The van der Waals surface area contributed by atoms with Gasteiger partial charge in [0, 0.05) is 6.42 Å². The molecule has 7 heteroatoms. The molecule has 13 heavy (non-hydrogen) atoms. The van der Waals surface area contributed by atoms with Gasteiger partial charge in [0.05, 0.1) is 0 Å². The van der Waals surface area contributed by atoms with E-state index in [1.54, 1.807) is 6.92 Å². The fourth-order valence-electron chi connectivity index (χ4n) is 0.730. The van der Waals surface area contributed by atoms with Gasteiger partial charge in [-0.1, -0.05) is 6.92 Å². The van der Waals surface area contributed by atoms with E-state index in [2.05, 4.69) is 20.9 Å². The van der Waals surface area contributed by atoms with E-state index in [1.807, 2.05) is 0 Å². The van der Waals surface area contributed by atoms with E-state index in [1.165, 1.54) is 0 Å². The van der Waals surface area contributed by atoms with Crippen LogP contribution in [-0.2, 0) is 14.5 Å². The van der Waals surface area contributed by atoms with Gasteiger partial charge < -0.3 is 10.4 Å². The highest BCUT2D eigenvalue weighted by Crippen LogP contribution is 1.97. The van der Waals surface area contributed by atoms with Crippen molar-refractivity contribution in [1.82, 2.24) is 10.8 Å². The van der Waals surface area contributed by atoms with E-state index in [-0.39, 0.29) is 18.2 Å². The molecule has 1 heterocycles. The average molecular weight is 187 g/mol. The van der Waals surface area contributed by atoms with Crippen LogP contribution in [0.5, 0.6) is 0 Å². The normalized spacial score (nSPS) is 20.4. The first kappa shape index (κ1) is 9.46. The van der Waals surface area contributed by atoms with Gasteiger partial charge in [0.25, 0.3) is 0 Å². The molecule has 1 rings (SSSR count). The fourth-order valence-corrected chi connectivity index (χ4v) is 0.730. The van der Waals surface area contributed by atoms with Crippen molar-refractivity contribution in [2.75, 3.05) is 0 Å². The highest BCUT2D eigenvalue weighted by Gasteiger charge is 2.30. The van der Waals surface area contributed by atoms with Crippen LogP contribution in [0, 0.1) is 0 Å². The number of oxime groups is 1. The Hall–Kier alpha value is -1.63. The number of hydroxylamine groups is 1. The van der Waals surface area contributed by atoms with E-state index in [0.29, 0.717) is 0 Å². The zero-order chi connectivity index (χ0) is 9.84. The zero-order valence-corrected chi connectivity index (χ0v) is 6.90. The van der Waals surface area contributed by atoms with Crippen LogP contribution >= 0.6 is 0 Å². The van der Waals surface area contributed by atoms with E-state index in [9.17, 15) is 9.59 Å². The first-order valence-electron chi connectivity index (χ1n) is 3.67. The Labute approximate surface area is 73.7 Å². The van der Waals surface area contributed by atoms with Crippen molar-refractivity contribution in [1.29, 1.82) is 0 Å². The zero-order valence-electron chi connectivity index (χ0n) is 6.90. The number of carboxylic acid groups (broad SMARTS) is 1. The molecule has 0 aromatic heterocycles. The van der Waals surface area contributed by atoms with Crippen molar-refractivity contribution in [3.05, 3.63) is 0 Å². The highest BCUT2D eigenvalue weighted by atomic mass is 16.8. The Morgan fingerprint density at radius 2 is 2.46 bits per heavy atom. The van der Waals surface area contributed by atoms with E-state index in [0.717, 1.165) is 0 Å². The van der Waals surface area contributed by atoms with Crippen molar-refractivity contribution in [3.63, 3.8) is 0 Å². The number of carbonyl (C=O) groups is 2. The standard InChI is InChI=1S/C6H9N3O4/c1-2-3(10)7-5-4(6(11)12)8-13-9-5/h4,8H,2H2,1H3,(H,11,12)(H,7,9,10). The maximum atomic E-state index is 10.9. The molecular weight excluding hydrogens is 178 g/mol. The van der Waals surface area contributed by atoms with E-state index < -0.39 is 12.0 Å². The number of nitrogens with one attached hydrogen (secondary N) is 2. The summed E-state index contributed by atoms with van der Waals surface area (Å²) in [5.74, 6) is -1.50. The topological polar surface area (TPSA) is 100 Å². The van der Waals surface area contributed by atoms with E-state index >= 15 is 0 Å². The minimum Gasteiger partial charge on any atom is -0.480 e. The molecule has 0 spiro atoms. The Kier molecular flexibility index (Phi) is 2.80. The van der Waals surface area contributed by atoms with Gasteiger partial charge >= 0.3 is 5.97 Å². The average Bonchev–Trinajstić information content (AvgIpc) is 2.52. The lowest BCUT2D eigenvalue weighted by atomic mass is 10.3. The number of hydrogen-bond donors (Lipinski definition) is 3. The van der Waals surface area contributed by atoms with Crippen molar-refractivity contribution in [2.45, 2.75) is 19.4 Å². The molecule has 0 radical (unpaired) electrons. The second-order valence-electron chi connectivity index (χ2n) is 2.36. The third-order valence-electron chi connectivity index (χ3n) is 1.42. The predicted molar refractivity (Wildman–Crippen MR) is 41.5 cm³/mol. The van der Waals surface area contributed by atoms with Crippen LogP contribution < -0.4 is 10.8 Å². The van der Waals surface area contributed by atoms with Crippen molar-refractivity contribution in [3.8, 4) is 0 Å². The van der Waals surface area contributed by atoms with Crippen LogP contribution in [0.2, 0.25) is 0 Å². The second kappa shape index (κ2) is 3.85. The van der Waals surface area contributed by atoms with Crippen LogP contribution in [0.25, 0.3) is 0 Å². The van der Waals surface area contributed by atoms with E-state index in [4.69, 9.17) is 5.11 Å². The number of amides is 1. The molecule has 1 amide bonds. The summed E-state index contributed by atoms with van der Waals surface area (Å²) >= 11 is 0. The van der Waals surface area contributed by atoms with Crippen LogP contribution in [0.1, 0.15) is 13.3 Å². The number of aliphatic carboxylic acids is 1. The monoisotopic (exact) mass is 187 g/mol. The lowest BCUT2D eigenvalue weighted by Crippen LogP contribution is -2.46. The van der Waals surface area contributed by atoms with Gasteiger partial charge in [0.15, 0.2) is 5.84 Å². The molecule has 1 aliphatic rings. The smallest absolute Gasteiger partial charge is 0.332 e. The molecule has 72 valence electrons. The van der Waals surface area contributed by atoms with Gasteiger partial charge in [-0.2, -0.15) is 0 Å². The second-order valence-corrected chi connectivity index (χ2v) is 2.36. The highest BCUT2D eigenvalue weighted by molar-refractivity contribution is 6.10. The predicted octanol–water partition coefficient (Wildman–Crippen LogP) is -1.19. The lowest BCUT2D eigenvalue weighted by Gasteiger charge is -2.05. The molecule has 7 nitrogen and oxygen atoms in total. The molecule has 1 aliphatic heterocycles. The largest absolute Gasteiger partial charge is 0.480 e. The van der Waals surface area contributed by atoms with Gasteiger partial charge in [-0.15, -0.1) is 5.48 Å². The Morgan fingerprint density at radius 1 is 1.77 bits per heavy atom. The van der Waals surface area contributed by atoms with Gasteiger partial charge in [-0.25, -0.2) is 4.79 Å². The third kappa shape index (κ3) is 2.15. The van der Waals surface area contributed by atoms with Gasteiger partial charge in [0.1, 0.15) is 0 Å². The van der Waals surface area contributed by atoms with Crippen molar-refractivity contribution in [2.24, 2.45) is 5.16 Å². The maximum absolute atomic E-state index is 10.9. The molecule has 0 aromatic rings. The molecular formula is C6H9N3O4. The minimum absolute atomic E-state index is 0.0284. The molecule has 0 saturated heterocycles. The first-order valence-corrected chi connectivity index (χ1v) is 3.67. The number of carboxylic acids is 1. The summed E-state index contributed by atoms with van der Waals surface area (Å²) < 4.78 is 0. The molecule has 1 atom stereocenters. The third-order valence-corrected chi connectivity index (χ3v) is 1.42. The number of amidine groups is 1. The molecule has 1 unspecified atom stereocenters. The Bertz CT molecular complexity index is 263. The van der Waals surface area contributed by atoms with Crippen molar-refractivity contribution < 1.29 is 19.6 Å². The molecule has 0 aromatic carbocycles. The summed E-state index contributed by atoms with van der Waals surface area (Å²) in [5, 5.41) is 14.2. The summed E-state index contributed by atoms with van der Waals surface area (Å²) in [6.45, 7) is 1.65. The summed E-state index contributed by atoms with van der Waals surface area (Å²) in [4.78, 5) is 25.7. The summed E-state index contributed by atoms with van der Waals surface area (Å²) in [5.41, 5.74) is 2.12. The minimum atomic E-state index is -1.16. The van der Waals surface area contributed by atoms with Crippen LogP contribution in [0.4, 0.5) is 0 Å². The van der Waals surface area contributed by atoms with Crippen LogP contribution in [-0.4, -0.2) is 28.9 Å². The van der Waals surface area contributed by atoms with Crippen LogP contribution in [0.3, 0.4) is 0 Å². The van der Waals surface area contributed by atoms with Crippen LogP contribution in [0.15, 0.2) is 5.16 Å². The van der Waals surface area contributed by atoms with Gasteiger partial charge in [0.2, 0.25) is 11.9 Å². The molecule has 0 bridgehead atoms.